The van der Waals surface area contributed by atoms with E-state index in [0.717, 1.165) is 27.8 Å². The van der Waals surface area contributed by atoms with Crippen molar-refractivity contribution >= 4 is 58.8 Å². The van der Waals surface area contributed by atoms with Gasteiger partial charge in [0.25, 0.3) is 0 Å². The normalized spacial score (nSPS) is 22.4. The average molecular weight is 711 g/mol. The van der Waals surface area contributed by atoms with Crippen LogP contribution in [0.4, 0.5) is 9.59 Å². The fourth-order valence-corrected chi connectivity index (χ4v) is 6.73. The lowest BCUT2D eigenvalue weighted by atomic mass is 9.98. The van der Waals surface area contributed by atoms with Gasteiger partial charge in [0.15, 0.2) is 6.10 Å². The Morgan fingerprint density at radius 1 is 0.913 bits per heavy atom. The van der Waals surface area contributed by atoms with E-state index in [1.54, 1.807) is 0 Å². The molecule has 13 heteroatoms. The second-order valence-electron chi connectivity index (χ2n) is 10.7. The Bertz CT molecular complexity index is 1430. The second kappa shape index (κ2) is 15.9. The molecule has 46 heavy (non-hydrogen) atoms. The Morgan fingerprint density at radius 2 is 1.54 bits per heavy atom. The number of carbonyl (C=O) groups excluding carboxylic acids is 2. The fourth-order valence-electron chi connectivity index (χ4n) is 5.58. The van der Waals surface area contributed by atoms with Gasteiger partial charge in [-0.3, -0.25) is 0 Å². The molecule has 0 bridgehead atoms. The quantitative estimate of drug-likeness (QED) is 0.163. The third-order valence-electron chi connectivity index (χ3n) is 7.61. The van der Waals surface area contributed by atoms with E-state index in [1.807, 2.05) is 85.8 Å². The van der Waals surface area contributed by atoms with Crippen LogP contribution in [0.2, 0.25) is 0 Å². The van der Waals surface area contributed by atoms with E-state index < -0.39 is 52.4 Å². The molecule has 0 unspecified atom stereocenters. The number of benzene rings is 3. The molecule has 1 aliphatic carbocycles. The summed E-state index contributed by atoms with van der Waals surface area (Å²) in [5, 5.41) is 14.1. The maximum absolute atomic E-state index is 13.3. The molecule has 2 N–H and O–H groups in total. The predicted molar refractivity (Wildman–Crippen MR) is 177 cm³/mol. The van der Waals surface area contributed by atoms with Crippen LogP contribution in [-0.4, -0.2) is 76.5 Å². The number of thioether (sulfide) groups is 1. The van der Waals surface area contributed by atoms with Gasteiger partial charge in [-0.2, -0.15) is 0 Å². The van der Waals surface area contributed by atoms with Gasteiger partial charge in [-0.25, -0.2) is 9.59 Å². The molecule has 9 nitrogen and oxygen atoms in total. The molecular weight excluding hydrogens is 677 g/mol. The number of alkyl carbamates (subject to hydrolysis) is 1. The molecule has 2 aliphatic rings. The molecule has 3 aromatic carbocycles. The molecule has 1 saturated heterocycles. The Morgan fingerprint density at radius 3 is 2.17 bits per heavy atom. The zero-order chi connectivity index (χ0) is 32.7. The van der Waals surface area contributed by atoms with Crippen molar-refractivity contribution in [2.75, 3.05) is 25.6 Å². The standard InChI is InChI=1S/C33H34Cl3NO8S/c1-2-46-30-27(37-31(39)43-19-33(34,35)36)29(28(38)26(44-30)18-41-16-20-10-4-3-5-11-20)45-32(40)42-17-25-23-14-8-6-12-21(23)22-13-7-9-15-24(22)25/h3-15,25-30,38H,2,16-19H2,1H3,(H,37,39)/t26-,27-,28-,29-,30+/m1/s1. The molecule has 1 aliphatic heterocycles. The van der Waals surface area contributed by atoms with Gasteiger partial charge in [0.1, 0.15) is 36.9 Å². The molecule has 0 radical (unpaired) electrons. The third kappa shape index (κ3) is 8.80. The number of carbonyl (C=O) groups is 2. The Balaban J connectivity index is 1.31. The summed E-state index contributed by atoms with van der Waals surface area (Å²) >= 11 is 18.6. The van der Waals surface area contributed by atoms with Crippen molar-refractivity contribution in [3.63, 3.8) is 0 Å². The fraction of sp³-hybridized carbons (Fsp3) is 0.394. The predicted octanol–water partition coefficient (Wildman–Crippen LogP) is 6.84. The molecule has 0 aromatic heterocycles. The van der Waals surface area contributed by atoms with Crippen LogP contribution in [0.25, 0.3) is 11.1 Å². The lowest BCUT2D eigenvalue weighted by molar-refractivity contribution is -0.182. The summed E-state index contributed by atoms with van der Waals surface area (Å²) in [6, 6.07) is 24.4. The lowest BCUT2D eigenvalue weighted by Gasteiger charge is -2.43. The summed E-state index contributed by atoms with van der Waals surface area (Å²) in [6.45, 7) is 1.65. The van der Waals surface area contributed by atoms with E-state index in [9.17, 15) is 14.7 Å². The Hall–Kier alpha value is -2.70. The largest absolute Gasteiger partial charge is 0.508 e. The van der Waals surface area contributed by atoms with Gasteiger partial charge in [0.05, 0.1) is 13.2 Å². The van der Waals surface area contributed by atoms with Crippen molar-refractivity contribution in [2.24, 2.45) is 0 Å². The molecule has 0 saturated carbocycles. The van der Waals surface area contributed by atoms with Crippen molar-refractivity contribution < 1.29 is 38.4 Å². The number of halogens is 3. The number of amides is 1. The van der Waals surface area contributed by atoms with Crippen molar-refractivity contribution in [2.45, 2.75) is 53.0 Å². The molecular formula is C33H34Cl3NO8S. The SMILES string of the molecule is CCS[C@@H]1O[C@H](COCc2ccccc2)[C@@H](O)[C@H](OC(=O)OCC2c3ccccc3-c3ccccc32)[C@H]1NC(=O)OCC(Cl)(Cl)Cl. The van der Waals surface area contributed by atoms with Crippen LogP contribution in [0.15, 0.2) is 78.9 Å². The average Bonchev–Trinajstić information content (AvgIpc) is 3.36. The van der Waals surface area contributed by atoms with Crippen molar-refractivity contribution in [1.82, 2.24) is 5.32 Å². The number of rotatable bonds is 11. The van der Waals surface area contributed by atoms with Gasteiger partial charge in [0, 0.05) is 5.92 Å². The first-order chi connectivity index (χ1) is 22.1. The van der Waals surface area contributed by atoms with Crippen molar-refractivity contribution in [3.8, 4) is 11.1 Å². The summed E-state index contributed by atoms with van der Waals surface area (Å²) < 4.78 is 26.7. The highest BCUT2D eigenvalue weighted by Crippen LogP contribution is 2.44. The lowest BCUT2D eigenvalue weighted by Crippen LogP contribution is -2.64. The Labute approximate surface area is 286 Å². The third-order valence-corrected chi connectivity index (χ3v) is 9.01. The van der Waals surface area contributed by atoms with Crippen LogP contribution in [0.5, 0.6) is 0 Å². The van der Waals surface area contributed by atoms with Crippen LogP contribution in [-0.2, 0) is 30.3 Å². The molecule has 3 aromatic rings. The highest BCUT2D eigenvalue weighted by Gasteiger charge is 2.49. The van der Waals surface area contributed by atoms with Crippen LogP contribution in [0.1, 0.15) is 29.5 Å². The van der Waals surface area contributed by atoms with Gasteiger partial charge in [0.2, 0.25) is 3.79 Å². The van der Waals surface area contributed by atoms with E-state index in [4.69, 9.17) is 58.5 Å². The summed E-state index contributed by atoms with van der Waals surface area (Å²) in [4.78, 5) is 26.0. The smallest absolute Gasteiger partial charge is 0.445 e. The molecule has 246 valence electrons. The topological polar surface area (TPSA) is 113 Å². The van der Waals surface area contributed by atoms with Crippen LogP contribution >= 0.6 is 46.6 Å². The van der Waals surface area contributed by atoms with Crippen LogP contribution in [0, 0.1) is 0 Å². The second-order valence-corrected chi connectivity index (χ2v) is 14.6. The monoisotopic (exact) mass is 709 g/mol. The molecule has 1 heterocycles. The molecule has 1 amide bonds. The molecule has 1 fully saturated rings. The highest BCUT2D eigenvalue weighted by atomic mass is 35.6. The van der Waals surface area contributed by atoms with Gasteiger partial charge < -0.3 is 34.1 Å². The number of nitrogens with one attached hydrogen (secondary N) is 1. The summed E-state index contributed by atoms with van der Waals surface area (Å²) in [7, 11) is 0. The molecule has 0 spiro atoms. The van der Waals surface area contributed by atoms with E-state index >= 15 is 0 Å². The Kier molecular flexibility index (Phi) is 12.0. The van der Waals surface area contributed by atoms with Crippen molar-refractivity contribution in [3.05, 3.63) is 95.6 Å². The maximum atomic E-state index is 13.3. The van der Waals surface area contributed by atoms with Crippen molar-refractivity contribution in [1.29, 1.82) is 0 Å². The van der Waals surface area contributed by atoms with E-state index in [0.29, 0.717) is 5.75 Å². The first-order valence-electron chi connectivity index (χ1n) is 14.7. The number of ether oxygens (including phenoxy) is 5. The highest BCUT2D eigenvalue weighted by molar-refractivity contribution is 7.99. The first kappa shape index (κ1) is 34.6. The number of fused-ring (bicyclic) bond motifs is 3. The summed E-state index contributed by atoms with van der Waals surface area (Å²) in [5.74, 6) is 0.380. The van der Waals surface area contributed by atoms with Crippen LogP contribution in [0.3, 0.4) is 0 Å². The van der Waals surface area contributed by atoms with E-state index in [2.05, 4.69) is 5.32 Å². The number of hydrogen-bond acceptors (Lipinski definition) is 9. The van der Waals surface area contributed by atoms with E-state index in [-0.39, 0.29) is 25.7 Å². The number of aliphatic hydroxyl groups is 1. The minimum Gasteiger partial charge on any atom is -0.445 e. The van der Waals surface area contributed by atoms with Gasteiger partial charge in [-0.1, -0.05) is 121 Å². The van der Waals surface area contributed by atoms with E-state index in [1.165, 1.54) is 11.8 Å². The van der Waals surface area contributed by atoms with Gasteiger partial charge >= 0.3 is 12.2 Å². The van der Waals surface area contributed by atoms with Gasteiger partial charge in [-0.05, 0) is 33.6 Å². The minimum atomic E-state index is -1.84. The molecule has 5 atom stereocenters. The minimum absolute atomic E-state index is 0.00627. The number of aliphatic hydroxyl groups excluding tert-OH is 1. The zero-order valence-electron chi connectivity index (χ0n) is 24.9. The first-order valence-corrected chi connectivity index (χ1v) is 16.9. The molecule has 5 rings (SSSR count). The van der Waals surface area contributed by atoms with Gasteiger partial charge in [-0.15, -0.1) is 11.8 Å². The number of alkyl halides is 3. The van der Waals surface area contributed by atoms with Crippen LogP contribution < -0.4 is 5.32 Å². The summed E-state index contributed by atoms with van der Waals surface area (Å²) in [5.41, 5.74) is 4.41. The number of hydrogen-bond donors (Lipinski definition) is 2. The summed E-state index contributed by atoms with van der Waals surface area (Å²) in [6.07, 6.45) is -5.55. The zero-order valence-corrected chi connectivity index (χ0v) is 27.9. The maximum Gasteiger partial charge on any atom is 0.508 e.